The number of halogens is 3. The van der Waals surface area contributed by atoms with E-state index in [1.54, 1.807) is 25.1 Å². The SMILES string of the molecule is C[C@H](NC(=O)[C@H]1Cc2cc(Cl)ccc2O1)c1ccc(F)c(F)c1. The van der Waals surface area contributed by atoms with Gasteiger partial charge in [0.25, 0.3) is 5.91 Å². The maximum atomic E-state index is 13.3. The van der Waals surface area contributed by atoms with Crippen molar-refractivity contribution in [3.8, 4) is 5.75 Å². The van der Waals surface area contributed by atoms with Crippen molar-refractivity contribution in [1.82, 2.24) is 5.32 Å². The lowest BCUT2D eigenvalue weighted by Crippen LogP contribution is -2.38. The van der Waals surface area contributed by atoms with Crippen LogP contribution in [0.15, 0.2) is 36.4 Å². The van der Waals surface area contributed by atoms with E-state index in [4.69, 9.17) is 16.3 Å². The Bertz CT molecular complexity index is 766. The lowest BCUT2D eigenvalue weighted by atomic mass is 10.1. The Morgan fingerprint density at radius 1 is 1.26 bits per heavy atom. The van der Waals surface area contributed by atoms with Gasteiger partial charge in [-0.05, 0) is 48.4 Å². The Morgan fingerprint density at radius 2 is 2.04 bits per heavy atom. The molecule has 0 radical (unpaired) electrons. The first-order valence-electron chi connectivity index (χ1n) is 7.14. The van der Waals surface area contributed by atoms with Crippen molar-refractivity contribution in [3.05, 3.63) is 64.2 Å². The minimum absolute atomic E-state index is 0.311. The van der Waals surface area contributed by atoms with Gasteiger partial charge in [0.1, 0.15) is 5.75 Å². The highest BCUT2D eigenvalue weighted by atomic mass is 35.5. The van der Waals surface area contributed by atoms with Gasteiger partial charge in [0.05, 0.1) is 6.04 Å². The van der Waals surface area contributed by atoms with E-state index in [1.807, 2.05) is 0 Å². The van der Waals surface area contributed by atoms with Crippen LogP contribution in [0.4, 0.5) is 8.78 Å². The lowest BCUT2D eigenvalue weighted by Gasteiger charge is -2.17. The molecule has 2 atom stereocenters. The van der Waals surface area contributed by atoms with Crippen molar-refractivity contribution in [2.45, 2.75) is 25.5 Å². The summed E-state index contributed by atoms with van der Waals surface area (Å²) in [6.45, 7) is 1.70. The molecule has 2 aromatic rings. The molecule has 1 aliphatic rings. The van der Waals surface area contributed by atoms with Crippen LogP contribution in [0.3, 0.4) is 0 Å². The summed E-state index contributed by atoms with van der Waals surface area (Å²) in [6.07, 6.45) is -0.233. The van der Waals surface area contributed by atoms with E-state index in [-0.39, 0.29) is 5.91 Å². The zero-order valence-corrected chi connectivity index (χ0v) is 13.0. The van der Waals surface area contributed by atoms with Crippen LogP contribution in [0, 0.1) is 11.6 Å². The van der Waals surface area contributed by atoms with Gasteiger partial charge in [-0.25, -0.2) is 8.78 Å². The Kier molecular flexibility index (Phi) is 4.22. The molecule has 0 saturated heterocycles. The Hall–Kier alpha value is -2.14. The second kappa shape index (κ2) is 6.16. The summed E-state index contributed by atoms with van der Waals surface area (Å²) >= 11 is 5.92. The standard InChI is InChI=1S/C17H14ClF2NO2/c1-9(10-2-4-13(19)14(20)7-10)21-17(22)16-8-11-6-12(18)3-5-15(11)23-16/h2-7,9,16H,8H2,1H3,(H,21,22)/t9-,16+/m0/s1. The fourth-order valence-corrected chi connectivity index (χ4v) is 2.73. The molecule has 23 heavy (non-hydrogen) atoms. The average molecular weight is 338 g/mol. The van der Waals surface area contributed by atoms with E-state index < -0.39 is 23.8 Å². The first kappa shape index (κ1) is 15.7. The molecule has 0 fully saturated rings. The zero-order chi connectivity index (χ0) is 16.6. The maximum Gasteiger partial charge on any atom is 0.261 e. The van der Waals surface area contributed by atoms with Crippen molar-refractivity contribution in [2.75, 3.05) is 0 Å². The maximum absolute atomic E-state index is 13.3. The van der Waals surface area contributed by atoms with E-state index in [1.165, 1.54) is 6.07 Å². The second-order valence-electron chi connectivity index (χ2n) is 5.47. The highest BCUT2D eigenvalue weighted by Gasteiger charge is 2.30. The van der Waals surface area contributed by atoms with Crippen LogP contribution in [0.25, 0.3) is 0 Å². The van der Waals surface area contributed by atoms with Crippen molar-refractivity contribution in [3.63, 3.8) is 0 Å². The molecule has 0 spiro atoms. The van der Waals surface area contributed by atoms with Gasteiger partial charge in [-0.2, -0.15) is 0 Å². The summed E-state index contributed by atoms with van der Waals surface area (Å²) < 4.78 is 31.8. The van der Waals surface area contributed by atoms with Crippen LogP contribution < -0.4 is 10.1 Å². The van der Waals surface area contributed by atoms with Gasteiger partial charge in [0, 0.05) is 11.4 Å². The van der Waals surface area contributed by atoms with E-state index in [2.05, 4.69) is 5.32 Å². The van der Waals surface area contributed by atoms with Crippen LogP contribution in [-0.2, 0) is 11.2 Å². The van der Waals surface area contributed by atoms with Gasteiger partial charge in [0.15, 0.2) is 17.7 Å². The van der Waals surface area contributed by atoms with Crippen LogP contribution in [-0.4, -0.2) is 12.0 Å². The number of carbonyl (C=O) groups excluding carboxylic acids is 1. The molecule has 120 valence electrons. The van der Waals surface area contributed by atoms with E-state index in [0.717, 1.165) is 17.7 Å². The molecule has 1 heterocycles. The summed E-state index contributed by atoms with van der Waals surface area (Å²) in [4.78, 5) is 12.3. The molecule has 0 unspecified atom stereocenters. The van der Waals surface area contributed by atoms with Gasteiger partial charge in [-0.1, -0.05) is 17.7 Å². The largest absolute Gasteiger partial charge is 0.480 e. The number of nitrogens with one attached hydrogen (secondary N) is 1. The predicted octanol–water partition coefficient (Wildman–Crippen LogP) is 3.80. The predicted molar refractivity (Wildman–Crippen MR) is 82.5 cm³/mol. The zero-order valence-electron chi connectivity index (χ0n) is 12.3. The van der Waals surface area contributed by atoms with E-state index in [0.29, 0.717) is 22.8 Å². The average Bonchev–Trinajstić information content (AvgIpc) is 2.93. The first-order chi connectivity index (χ1) is 10.9. The number of hydrogen-bond donors (Lipinski definition) is 1. The Morgan fingerprint density at radius 3 is 2.78 bits per heavy atom. The molecule has 1 N–H and O–H groups in total. The normalized spacial score (nSPS) is 17.3. The monoisotopic (exact) mass is 337 g/mol. The number of amides is 1. The minimum atomic E-state index is -0.942. The topological polar surface area (TPSA) is 38.3 Å². The van der Waals surface area contributed by atoms with Crippen LogP contribution >= 0.6 is 11.6 Å². The van der Waals surface area contributed by atoms with Gasteiger partial charge < -0.3 is 10.1 Å². The highest BCUT2D eigenvalue weighted by molar-refractivity contribution is 6.30. The number of fused-ring (bicyclic) bond motifs is 1. The van der Waals surface area contributed by atoms with Crippen molar-refractivity contribution >= 4 is 17.5 Å². The summed E-state index contributed by atoms with van der Waals surface area (Å²) in [7, 11) is 0. The van der Waals surface area contributed by atoms with Gasteiger partial charge >= 0.3 is 0 Å². The number of benzene rings is 2. The molecule has 3 rings (SSSR count). The quantitative estimate of drug-likeness (QED) is 0.925. The Labute approximate surface area is 137 Å². The smallest absolute Gasteiger partial charge is 0.261 e. The fraction of sp³-hybridized carbons (Fsp3) is 0.235. The molecule has 2 aromatic carbocycles. The summed E-state index contributed by atoms with van der Waals surface area (Å²) in [5.74, 6) is -1.54. The summed E-state index contributed by atoms with van der Waals surface area (Å²) in [6, 6.07) is 8.28. The first-order valence-corrected chi connectivity index (χ1v) is 7.52. The number of ether oxygens (including phenoxy) is 1. The molecule has 0 bridgehead atoms. The van der Waals surface area contributed by atoms with E-state index in [9.17, 15) is 13.6 Å². The van der Waals surface area contributed by atoms with Crippen molar-refractivity contribution in [1.29, 1.82) is 0 Å². The fourth-order valence-electron chi connectivity index (χ4n) is 2.53. The van der Waals surface area contributed by atoms with Crippen LogP contribution in [0.2, 0.25) is 5.02 Å². The van der Waals surface area contributed by atoms with E-state index >= 15 is 0 Å². The third kappa shape index (κ3) is 3.29. The van der Waals surface area contributed by atoms with Gasteiger partial charge in [0.2, 0.25) is 0 Å². The minimum Gasteiger partial charge on any atom is -0.480 e. The molecule has 1 amide bonds. The number of rotatable bonds is 3. The molecule has 6 heteroatoms. The van der Waals surface area contributed by atoms with Crippen LogP contribution in [0.1, 0.15) is 24.1 Å². The Balaban J connectivity index is 1.67. The molecular weight excluding hydrogens is 324 g/mol. The second-order valence-corrected chi connectivity index (χ2v) is 5.90. The highest BCUT2D eigenvalue weighted by Crippen LogP contribution is 2.31. The molecule has 0 saturated carbocycles. The molecule has 1 aliphatic heterocycles. The summed E-state index contributed by atoms with van der Waals surface area (Å²) in [5.41, 5.74) is 1.36. The van der Waals surface area contributed by atoms with Crippen LogP contribution in [0.5, 0.6) is 5.75 Å². The molecular formula is C17H14ClF2NO2. The van der Waals surface area contributed by atoms with Crippen molar-refractivity contribution < 1.29 is 18.3 Å². The number of carbonyl (C=O) groups is 1. The van der Waals surface area contributed by atoms with Gasteiger partial charge in [-0.3, -0.25) is 4.79 Å². The molecule has 0 aliphatic carbocycles. The summed E-state index contributed by atoms with van der Waals surface area (Å²) in [5, 5.41) is 3.33. The number of hydrogen-bond acceptors (Lipinski definition) is 2. The third-order valence-corrected chi connectivity index (χ3v) is 4.03. The molecule has 0 aromatic heterocycles. The third-order valence-electron chi connectivity index (χ3n) is 3.79. The lowest BCUT2D eigenvalue weighted by molar-refractivity contribution is -0.127. The van der Waals surface area contributed by atoms with Crippen molar-refractivity contribution in [2.24, 2.45) is 0 Å². The van der Waals surface area contributed by atoms with Gasteiger partial charge in [-0.15, -0.1) is 0 Å². The molecule has 3 nitrogen and oxygen atoms in total.